The maximum absolute atomic E-state index is 12.6. The van der Waals surface area contributed by atoms with Gasteiger partial charge in [-0.25, -0.2) is 0 Å². The Bertz CT molecular complexity index is 883. The highest BCUT2D eigenvalue weighted by Gasteiger charge is 2.19. The highest BCUT2D eigenvalue weighted by atomic mass is 35.5. The van der Waals surface area contributed by atoms with Crippen molar-refractivity contribution in [3.63, 3.8) is 0 Å². The van der Waals surface area contributed by atoms with Crippen molar-refractivity contribution < 1.29 is 9.59 Å². The van der Waals surface area contributed by atoms with Crippen molar-refractivity contribution in [3.8, 4) is 0 Å². The monoisotopic (exact) mass is 446 g/mol. The van der Waals surface area contributed by atoms with E-state index in [0.29, 0.717) is 5.02 Å². The predicted molar refractivity (Wildman–Crippen MR) is 126 cm³/mol. The first kappa shape index (κ1) is 22.5. The van der Waals surface area contributed by atoms with Crippen molar-refractivity contribution in [2.24, 2.45) is 0 Å². The Labute approximate surface area is 187 Å². The quantitative estimate of drug-likeness (QED) is 0.625. The Balaban J connectivity index is 1.59. The van der Waals surface area contributed by atoms with E-state index in [0.717, 1.165) is 54.7 Å². The normalized spacial score (nSPS) is 14.4. The molecule has 8 heteroatoms. The summed E-state index contributed by atoms with van der Waals surface area (Å²) in [5.41, 5.74) is 2.50. The molecule has 0 atom stereocenters. The van der Waals surface area contributed by atoms with Crippen molar-refractivity contribution in [3.05, 3.63) is 47.5 Å². The molecule has 0 spiro atoms. The molecule has 30 heavy (non-hydrogen) atoms. The largest absolute Gasteiger partial charge is 0.367 e. The minimum atomic E-state index is -0.108. The smallest absolute Gasteiger partial charge is 0.234 e. The maximum Gasteiger partial charge on any atom is 0.234 e. The highest BCUT2D eigenvalue weighted by Crippen LogP contribution is 2.30. The van der Waals surface area contributed by atoms with Gasteiger partial charge >= 0.3 is 0 Å². The zero-order chi connectivity index (χ0) is 21.5. The molecular weight excluding hydrogens is 420 g/mol. The lowest BCUT2D eigenvalue weighted by Gasteiger charge is -2.36. The number of carbonyl (C=O) groups excluding carboxylic acids is 2. The fourth-order valence-corrected chi connectivity index (χ4v) is 4.23. The average Bonchev–Trinajstić information content (AvgIpc) is 2.73. The second kappa shape index (κ2) is 10.7. The van der Waals surface area contributed by atoms with Gasteiger partial charge in [-0.15, -0.1) is 11.8 Å². The number of hydrogen-bond donors (Lipinski definition) is 2. The minimum Gasteiger partial charge on any atom is -0.367 e. The standard InChI is InChI=1S/C22H27ClN4O2S/c1-3-26-10-12-27(13-11-26)21-9-4-17(23)14-20(21)25-22(29)15-30-19-7-5-18(6-8-19)24-16(2)28/h4-9,14H,3,10-13,15H2,1-2H3,(H,24,28)(H,25,29). The Morgan fingerprint density at radius 3 is 2.37 bits per heavy atom. The van der Waals surface area contributed by atoms with E-state index in [9.17, 15) is 9.59 Å². The number of nitrogens with zero attached hydrogens (tertiary/aromatic N) is 2. The van der Waals surface area contributed by atoms with E-state index in [4.69, 9.17) is 11.6 Å². The Kier molecular flexibility index (Phi) is 8.01. The van der Waals surface area contributed by atoms with E-state index in [1.54, 1.807) is 0 Å². The second-order valence-electron chi connectivity index (χ2n) is 7.13. The number of likely N-dealkylation sites (N-methyl/N-ethyl adjacent to an activating group) is 1. The van der Waals surface area contributed by atoms with E-state index in [1.807, 2.05) is 42.5 Å². The molecule has 0 bridgehead atoms. The van der Waals surface area contributed by atoms with E-state index in [-0.39, 0.29) is 17.6 Å². The van der Waals surface area contributed by atoms with Gasteiger partial charge < -0.3 is 20.4 Å². The molecule has 6 nitrogen and oxygen atoms in total. The number of benzene rings is 2. The number of halogens is 1. The topological polar surface area (TPSA) is 64.7 Å². The summed E-state index contributed by atoms with van der Waals surface area (Å²) in [6.45, 7) is 8.58. The van der Waals surface area contributed by atoms with Gasteiger partial charge in [-0.05, 0) is 49.0 Å². The van der Waals surface area contributed by atoms with Crippen LogP contribution in [0.25, 0.3) is 0 Å². The summed E-state index contributed by atoms with van der Waals surface area (Å²) in [5, 5.41) is 6.36. The van der Waals surface area contributed by atoms with Gasteiger partial charge in [0.2, 0.25) is 11.8 Å². The van der Waals surface area contributed by atoms with Crippen molar-refractivity contribution >= 4 is 52.2 Å². The van der Waals surface area contributed by atoms with Gasteiger partial charge in [0.25, 0.3) is 0 Å². The first-order chi connectivity index (χ1) is 14.4. The lowest BCUT2D eigenvalue weighted by atomic mass is 10.2. The summed E-state index contributed by atoms with van der Waals surface area (Å²) in [4.78, 5) is 29.4. The molecule has 3 rings (SSSR count). The predicted octanol–water partition coefficient (Wildman–Crippen LogP) is 4.17. The molecule has 1 saturated heterocycles. The summed E-state index contributed by atoms with van der Waals surface area (Å²) in [6.07, 6.45) is 0. The SMILES string of the molecule is CCN1CCN(c2ccc(Cl)cc2NC(=O)CSc2ccc(NC(C)=O)cc2)CC1. The molecule has 0 saturated carbocycles. The molecule has 1 aliphatic rings. The summed E-state index contributed by atoms with van der Waals surface area (Å²) in [6, 6.07) is 13.1. The van der Waals surface area contributed by atoms with Crippen molar-refractivity contribution in [1.82, 2.24) is 4.90 Å². The minimum absolute atomic E-state index is 0.0818. The number of nitrogens with one attached hydrogen (secondary N) is 2. The van der Waals surface area contributed by atoms with E-state index in [2.05, 4.69) is 27.4 Å². The van der Waals surface area contributed by atoms with Crippen LogP contribution in [0.5, 0.6) is 0 Å². The van der Waals surface area contributed by atoms with Crippen LogP contribution in [-0.4, -0.2) is 55.2 Å². The number of piperazine rings is 1. The fourth-order valence-electron chi connectivity index (χ4n) is 3.36. The van der Waals surface area contributed by atoms with Gasteiger partial charge in [-0.2, -0.15) is 0 Å². The fraction of sp³-hybridized carbons (Fsp3) is 0.364. The zero-order valence-corrected chi connectivity index (χ0v) is 18.9. The van der Waals surface area contributed by atoms with Crippen LogP contribution < -0.4 is 15.5 Å². The average molecular weight is 447 g/mol. The number of thioether (sulfide) groups is 1. The molecule has 0 aliphatic carbocycles. The van der Waals surface area contributed by atoms with Crippen molar-refractivity contribution in [2.45, 2.75) is 18.7 Å². The van der Waals surface area contributed by atoms with E-state index in [1.165, 1.54) is 18.7 Å². The van der Waals surface area contributed by atoms with Gasteiger partial charge in [0.1, 0.15) is 0 Å². The van der Waals surface area contributed by atoms with Crippen LogP contribution in [0.2, 0.25) is 5.02 Å². The molecule has 2 N–H and O–H groups in total. The molecule has 0 radical (unpaired) electrons. The number of hydrogen-bond acceptors (Lipinski definition) is 5. The Hall–Kier alpha value is -2.22. The van der Waals surface area contributed by atoms with Gasteiger partial charge in [0.15, 0.2) is 0 Å². The van der Waals surface area contributed by atoms with Crippen LogP contribution in [0.3, 0.4) is 0 Å². The molecule has 1 aliphatic heterocycles. The molecule has 160 valence electrons. The number of carbonyl (C=O) groups is 2. The van der Waals surface area contributed by atoms with Gasteiger partial charge in [0.05, 0.1) is 17.1 Å². The summed E-state index contributed by atoms with van der Waals surface area (Å²) < 4.78 is 0. The first-order valence-electron chi connectivity index (χ1n) is 10.0. The number of amides is 2. The van der Waals surface area contributed by atoms with Crippen LogP contribution in [0.1, 0.15) is 13.8 Å². The van der Waals surface area contributed by atoms with Crippen LogP contribution in [0.4, 0.5) is 17.1 Å². The number of anilines is 3. The van der Waals surface area contributed by atoms with Crippen LogP contribution in [-0.2, 0) is 9.59 Å². The summed E-state index contributed by atoms with van der Waals surface area (Å²) in [7, 11) is 0. The Morgan fingerprint density at radius 2 is 1.73 bits per heavy atom. The van der Waals surface area contributed by atoms with E-state index < -0.39 is 0 Å². The van der Waals surface area contributed by atoms with Gasteiger partial charge in [-0.3, -0.25) is 9.59 Å². The third-order valence-corrected chi connectivity index (χ3v) is 6.18. The first-order valence-corrected chi connectivity index (χ1v) is 11.4. The zero-order valence-electron chi connectivity index (χ0n) is 17.3. The lowest BCUT2D eigenvalue weighted by molar-refractivity contribution is -0.114. The molecule has 0 aromatic heterocycles. The molecule has 1 heterocycles. The van der Waals surface area contributed by atoms with Gasteiger partial charge in [0, 0.05) is 48.7 Å². The van der Waals surface area contributed by atoms with E-state index >= 15 is 0 Å². The highest BCUT2D eigenvalue weighted by molar-refractivity contribution is 8.00. The molecular formula is C22H27ClN4O2S. The molecule has 1 fully saturated rings. The molecule has 2 aromatic carbocycles. The summed E-state index contributed by atoms with van der Waals surface area (Å²) in [5.74, 6) is 0.0968. The molecule has 2 amide bonds. The van der Waals surface area contributed by atoms with Crippen LogP contribution in [0.15, 0.2) is 47.4 Å². The third kappa shape index (κ3) is 6.39. The molecule has 0 unspecified atom stereocenters. The lowest BCUT2D eigenvalue weighted by Crippen LogP contribution is -2.46. The van der Waals surface area contributed by atoms with Gasteiger partial charge in [-0.1, -0.05) is 18.5 Å². The van der Waals surface area contributed by atoms with Crippen molar-refractivity contribution in [1.29, 1.82) is 0 Å². The molecule has 2 aromatic rings. The van der Waals surface area contributed by atoms with Crippen molar-refractivity contribution in [2.75, 3.05) is 54.0 Å². The maximum atomic E-state index is 12.6. The number of rotatable bonds is 7. The van der Waals surface area contributed by atoms with Crippen LogP contribution >= 0.6 is 23.4 Å². The Morgan fingerprint density at radius 1 is 1.03 bits per heavy atom. The third-order valence-electron chi connectivity index (χ3n) is 4.94. The van der Waals surface area contributed by atoms with Crippen LogP contribution in [0, 0.1) is 0 Å². The summed E-state index contributed by atoms with van der Waals surface area (Å²) >= 11 is 7.64. The second-order valence-corrected chi connectivity index (χ2v) is 8.61.